The van der Waals surface area contributed by atoms with Gasteiger partial charge in [0.15, 0.2) is 0 Å². The summed E-state index contributed by atoms with van der Waals surface area (Å²) in [5, 5.41) is 35.4. The minimum absolute atomic E-state index is 0.0628. The zero-order valence-electron chi connectivity index (χ0n) is 13.7. The molecule has 8 nitrogen and oxygen atoms in total. The summed E-state index contributed by atoms with van der Waals surface area (Å²) in [4.78, 5) is 41.8. The molecule has 0 spiro atoms. The van der Waals surface area contributed by atoms with E-state index in [1.165, 1.54) is 6.07 Å². The van der Waals surface area contributed by atoms with Crippen LogP contribution in [0.15, 0.2) is 36.4 Å². The number of aromatic carboxylic acids is 2. The molecule has 4 N–H and O–H groups in total. The summed E-state index contributed by atoms with van der Waals surface area (Å²) < 4.78 is 0. The average molecular weight is 362 g/mol. The standard InChI is InChI=1S/C12H8O4.C6H10O4/c13-11(14)9-6-5-7-3-1-2-4-8(7)10(9)12(15)16;7-5(8)3-1-2-4-6(9)10/h1-6H,(H,13,14)(H,15,16);1-4H2,(H,7,8)(H,9,10). The first-order chi connectivity index (χ1) is 12.2. The van der Waals surface area contributed by atoms with Crippen LogP contribution in [-0.4, -0.2) is 44.3 Å². The molecule has 138 valence electrons. The highest BCUT2D eigenvalue weighted by atomic mass is 16.4. The van der Waals surface area contributed by atoms with E-state index in [4.69, 9.17) is 20.4 Å². The summed E-state index contributed by atoms with van der Waals surface area (Å²) in [6.07, 6.45) is 1.02. The van der Waals surface area contributed by atoms with Crippen molar-refractivity contribution in [1.29, 1.82) is 0 Å². The minimum Gasteiger partial charge on any atom is -0.481 e. The number of hydrogen-bond acceptors (Lipinski definition) is 4. The van der Waals surface area contributed by atoms with Crippen LogP contribution in [0.2, 0.25) is 0 Å². The molecule has 0 aliphatic heterocycles. The summed E-state index contributed by atoms with van der Waals surface area (Å²) in [5.41, 5.74) is -0.350. The van der Waals surface area contributed by atoms with Gasteiger partial charge in [0, 0.05) is 12.8 Å². The van der Waals surface area contributed by atoms with Crippen molar-refractivity contribution in [2.45, 2.75) is 25.7 Å². The van der Waals surface area contributed by atoms with Crippen LogP contribution in [0.3, 0.4) is 0 Å². The summed E-state index contributed by atoms with van der Waals surface area (Å²) in [6, 6.07) is 9.72. The maximum atomic E-state index is 11.1. The van der Waals surface area contributed by atoms with E-state index in [2.05, 4.69) is 0 Å². The van der Waals surface area contributed by atoms with Crippen molar-refractivity contribution in [2.75, 3.05) is 0 Å². The molecule has 26 heavy (non-hydrogen) atoms. The summed E-state index contributed by atoms with van der Waals surface area (Å²) >= 11 is 0. The number of aliphatic carboxylic acids is 2. The van der Waals surface area contributed by atoms with Gasteiger partial charge in [0.05, 0.1) is 11.1 Å². The molecule has 0 unspecified atom stereocenters. The van der Waals surface area contributed by atoms with Crippen LogP contribution < -0.4 is 0 Å². The van der Waals surface area contributed by atoms with Gasteiger partial charge in [0.25, 0.3) is 0 Å². The van der Waals surface area contributed by atoms with Gasteiger partial charge in [-0.05, 0) is 29.7 Å². The lowest BCUT2D eigenvalue weighted by molar-refractivity contribution is -0.139. The predicted molar refractivity (Wildman–Crippen MR) is 91.6 cm³/mol. The number of carboxylic acid groups (broad SMARTS) is 4. The van der Waals surface area contributed by atoms with Crippen molar-refractivity contribution >= 4 is 34.6 Å². The molecule has 0 aromatic heterocycles. The molecule has 0 saturated heterocycles. The Morgan fingerprint density at radius 1 is 0.692 bits per heavy atom. The van der Waals surface area contributed by atoms with Gasteiger partial charge in [-0.1, -0.05) is 30.3 Å². The third-order valence-corrected chi connectivity index (χ3v) is 3.40. The minimum atomic E-state index is -1.23. The van der Waals surface area contributed by atoms with E-state index in [0.717, 1.165) is 0 Å². The van der Waals surface area contributed by atoms with E-state index >= 15 is 0 Å². The van der Waals surface area contributed by atoms with Crippen molar-refractivity contribution in [2.24, 2.45) is 0 Å². The topological polar surface area (TPSA) is 149 Å². The maximum absolute atomic E-state index is 11.1. The number of unbranched alkanes of at least 4 members (excludes halogenated alkanes) is 1. The van der Waals surface area contributed by atoms with Crippen LogP contribution in [0.5, 0.6) is 0 Å². The largest absolute Gasteiger partial charge is 0.481 e. The quantitative estimate of drug-likeness (QED) is 0.549. The third kappa shape index (κ3) is 6.23. The molecule has 0 fully saturated rings. The van der Waals surface area contributed by atoms with Crippen molar-refractivity contribution in [3.8, 4) is 0 Å². The molecule has 0 radical (unpaired) electrons. The fourth-order valence-electron chi connectivity index (χ4n) is 2.23. The number of rotatable bonds is 7. The maximum Gasteiger partial charge on any atom is 0.337 e. The number of carboxylic acids is 4. The van der Waals surface area contributed by atoms with Gasteiger partial charge in [-0.25, -0.2) is 9.59 Å². The Morgan fingerprint density at radius 2 is 1.23 bits per heavy atom. The van der Waals surface area contributed by atoms with Crippen LogP contribution in [0, 0.1) is 0 Å². The van der Waals surface area contributed by atoms with E-state index in [9.17, 15) is 19.2 Å². The Balaban J connectivity index is 0.000000294. The van der Waals surface area contributed by atoms with Gasteiger partial charge < -0.3 is 20.4 Å². The Labute approximate surface area is 148 Å². The van der Waals surface area contributed by atoms with Gasteiger partial charge in [0.2, 0.25) is 0 Å². The molecule has 0 heterocycles. The van der Waals surface area contributed by atoms with Crippen molar-refractivity contribution in [3.63, 3.8) is 0 Å². The molecule has 2 rings (SSSR count). The summed E-state index contributed by atoms with van der Waals surface area (Å²) in [7, 11) is 0. The number of benzene rings is 2. The lowest BCUT2D eigenvalue weighted by Gasteiger charge is -2.05. The summed E-state index contributed by atoms with van der Waals surface area (Å²) in [5.74, 6) is -4.20. The smallest absolute Gasteiger partial charge is 0.337 e. The first-order valence-electron chi connectivity index (χ1n) is 7.66. The van der Waals surface area contributed by atoms with Gasteiger partial charge >= 0.3 is 23.9 Å². The first-order valence-corrected chi connectivity index (χ1v) is 7.66. The van der Waals surface area contributed by atoms with Gasteiger partial charge in [-0.15, -0.1) is 0 Å². The van der Waals surface area contributed by atoms with Crippen LogP contribution >= 0.6 is 0 Å². The Morgan fingerprint density at radius 3 is 1.69 bits per heavy atom. The molecule has 8 heteroatoms. The summed E-state index contributed by atoms with van der Waals surface area (Å²) in [6.45, 7) is 0. The molecular weight excluding hydrogens is 344 g/mol. The molecule has 2 aromatic carbocycles. The molecule has 0 amide bonds. The normalized spacial score (nSPS) is 9.85. The monoisotopic (exact) mass is 362 g/mol. The van der Waals surface area contributed by atoms with Crippen LogP contribution in [0.4, 0.5) is 0 Å². The fraction of sp³-hybridized carbons (Fsp3) is 0.222. The van der Waals surface area contributed by atoms with E-state index < -0.39 is 23.9 Å². The van der Waals surface area contributed by atoms with Gasteiger partial charge in [0.1, 0.15) is 0 Å². The Hall–Kier alpha value is -3.42. The second kappa shape index (κ2) is 9.77. The van der Waals surface area contributed by atoms with Crippen LogP contribution in [0.1, 0.15) is 46.4 Å². The Kier molecular flexibility index (Phi) is 7.75. The van der Waals surface area contributed by atoms with E-state index in [-0.39, 0.29) is 24.0 Å². The molecular formula is C18H18O8. The lowest BCUT2D eigenvalue weighted by atomic mass is 9.99. The molecule has 0 atom stereocenters. The van der Waals surface area contributed by atoms with Crippen LogP contribution in [0.25, 0.3) is 10.8 Å². The fourth-order valence-corrected chi connectivity index (χ4v) is 2.23. The molecule has 0 bridgehead atoms. The zero-order valence-corrected chi connectivity index (χ0v) is 13.7. The molecule has 0 aliphatic carbocycles. The molecule has 2 aromatic rings. The first kappa shape index (κ1) is 20.6. The number of carbonyl (C=O) groups is 4. The SMILES string of the molecule is O=C(O)CCCCC(=O)O.O=C(O)c1ccc2ccccc2c1C(=O)O. The number of fused-ring (bicyclic) bond motifs is 1. The molecule has 0 aliphatic rings. The predicted octanol–water partition coefficient (Wildman–Crippen LogP) is 2.95. The van der Waals surface area contributed by atoms with Gasteiger partial charge in [-0.3, -0.25) is 9.59 Å². The van der Waals surface area contributed by atoms with E-state index in [1.807, 2.05) is 0 Å². The van der Waals surface area contributed by atoms with Crippen LogP contribution in [-0.2, 0) is 9.59 Å². The highest BCUT2D eigenvalue weighted by Crippen LogP contribution is 2.22. The van der Waals surface area contributed by atoms with Crippen molar-refractivity contribution in [1.82, 2.24) is 0 Å². The third-order valence-electron chi connectivity index (χ3n) is 3.40. The average Bonchev–Trinajstić information content (AvgIpc) is 2.57. The van der Waals surface area contributed by atoms with E-state index in [0.29, 0.717) is 23.6 Å². The van der Waals surface area contributed by atoms with E-state index in [1.54, 1.807) is 30.3 Å². The van der Waals surface area contributed by atoms with Crippen molar-refractivity contribution < 1.29 is 39.6 Å². The Bertz CT molecular complexity index is 809. The lowest BCUT2D eigenvalue weighted by Crippen LogP contribution is -2.08. The van der Waals surface area contributed by atoms with Crippen molar-refractivity contribution in [3.05, 3.63) is 47.5 Å². The zero-order chi connectivity index (χ0) is 19.7. The highest BCUT2D eigenvalue weighted by Gasteiger charge is 2.18. The second-order valence-electron chi connectivity index (χ2n) is 5.31. The molecule has 0 saturated carbocycles. The van der Waals surface area contributed by atoms with Gasteiger partial charge in [-0.2, -0.15) is 0 Å². The second-order valence-corrected chi connectivity index (χ2v) is 5.31. The number of hydrogen-bond donors (Lipinski definition) is 4. The highest BCUT2D eigenvalue weighted by molar-refractivity contribution is 6.11.